The first-order valence-electron chi connectivity index (χ1n) is 4.78. The molecule has 1 aromatic carbocycles. The Morgan fingerprint density at radius 3 is 2.57 bits per heavy atom. The van der Waals surface area contributed by atoms with Crippen LogP contribution in [0.4, 0.5) is 0 Å². The summed E-state index contributed by atoms with van der Waals surface area (Å²) in [4.78, 5) is 0. The van der Waals surface area contributed by atoms with Crippen molar-refractivity contribution in [3.63, 3.8) is 0 Å². The van der Waals surface area contributed by atoms with Gasteiger partial charge in [0.25, 0.3) is 0 Å². The first-order valence-corrected chi connectivity index (χ1v) is 5.90. The maximum Gasteiger partial charge on any atom is 0.122 e. The zero-order valence-electron chi connectivity index (χ0n) is 8.33. The highest BCUT2D eigenvalue weighted by Gasteiger charge is 1.96. The van der Waals surface area contributed by atoms with Gasteiger partial charge < -0.3 is 9.47 Å². The van der Waals surface area contributed by atoms with Crippen molar-refractivity contribution in [2.75, 3.05) is 18.5 Å². The highest BCUT2D eigenvalue weighted by Crippen LogP contribution is 2.19. The summed E-state index contributed by atoms with van der Waals surface area (Å²) in [7, 11) is 0. The Morgan fingerprint density at radius 2 is 1.93 bits per heavy atom. The molecule has 0 fully saturated rings. The molecule has 0 spiro atoms. The second-order valence-corrected chi connectivity index (χ2v) is 3.59. The zero-order valence-corrected chi connectivity index (χ0v) is 9.92. The molecule has 1 rings (SSSR count). The summed E-state index contributed by atoms with van der Waals surface area (Å²) in [5, 5.41) is 0.970. The topological polar surface area (TPSA) is 18.5 Å². The van der Waals surface area contributed by atoms with Crippen LogP contribution in [0.25, 0.3) is 0 Å². The molecule has 0 atom stereocenters. The van der Waals surface area contributed by atoms with Crippen LogP contribution < -0.4 is 9.47 Å². The molecule has 0 unspecified atom stereocenters. The summed E-state index contributed by atoms with van der Waals surface area (Å²) in [5.41, 5.74) is 0. The molecule has 0 aliphatic heterocycles. The molecule has 2 nitrogen and oxygen atoms in total. The second kappa shape index (κ2) is 6.71. The molecule has 0 N–H and O–H groups in total. The van der Waals surface area contributed by atoms with E-state index < -0.39 is 0 Å². The standard InChI is InChI=1S/C11H15BrO2/c1-2-13-10-5-3-6-11(9-10)14-8-4-7-12/h3,5-6,9H,2,4,7-8H2,1H3. The van der Waals surface area contributed by atoms with E-state index in [0.717, 1.165) is 29.9 Å². The Kier molecular flexibility index (Phi) is 5.45. The van der Waals surface area contributed by atoms with Crippen molar-refractivity contribution in [1.82, 2.24) is 0 Å². The molecule has 0 bridgehead atoms. The minimum Gasteiger partial charge on any atom is -0.494 e. The highest BCUT2D eigenvalue weighted by atomic mass is 79.9. The number of rotatable bonds is 6. The van der Waals surface area contributed by atoms with E-state index >= 15 is 0 Å². The van der Waals surface area contributed by atoms with Crippen molar-refractivity contribution in [2.24, 2.45) is 0 Å². The number of ether oxygens (including phenoxy) is 2. The van der Waals surface area contributed by atoms with Gasteiger partial charge in [-0.1, -0.05) is 22.0 Å². The molecule has 0 aliphatic carbocycles. The Balaban J connectivity index is 2.46. The molecule has 1 aromatic rings. The third kappa shape index (κ3) is 4.01. The number of hydrogen-bond donors (Lipinski definition) is 0. The van der Waals surface area contributed by atoms with E-state index in [0.29, 0.717) is 6.61 Å². The average Bonchev–Trinajstić information content (AvgIpc) is 2.19. The van der Waals surface area contributed by atoms with Gasteiger partial charge in [0.05, 0.1) is 13.2 Å². The Morgan fingerprint density at radius 1 is 1.21 bits per heavy atom. The molecular weight excluding hydrogens is 244 g/mol. The smallest absolute Gasteiger partial charge is 0.122 e. The average molecular weight is 259 g/mol. The van der Waals surface area contributed by atoms with E-state index in [2.05, 4.69) is 15.9 Å². The van der Waals surface area contributed by atoms with Gasteiger partial charge >= 0.3 is 0 Å². The summed E-state index contributed by atoms with van der Waals surface area (Å²) in [6.45, 7) is 3.39. The van der Waals surface area contributed by atoms with Gasteiger partial charge in [-0.05, 0) is 25.5 Å². The van der Waals surface area contributed by atoms with Gasteiger partial charge in [0.2, 0.25) is 0 Å². The van der Waals surface area contributed by atoms with Gasteiger partial charge in [0.15, 0.2) is 0 Å². The number of alkyl halides is 1. The summed E-state index contributed by atoms with van der Waals surface area (Å²) < 4.78 is 10.9. The molecule has 14 heavy (non-hydrogen) atoms. The molecule has 0 aromatic heterocycles. The molecule has 0 amide bonds. The second-order valence-electron chi connectivity index (χ2n) is 2.80. The normalized spacial score (nSPS) is 9.86. The third-order valence-electron chi connectivity index (χ3n) is 1.66. The zero-order chi connectivity index (χ0) is 10.2. The Labute approximate surface area is 93.4 Å². The number of hydrogen-bond acceptors (Lipinski definition) is 2. The molecule has 3 heteroatoms. The lowest BCUT2D eigenvalue weighted by molar-refractivity contribution is 0.310. The van der Waals surface area contributed by atoms with Crippen molar-refractivity contribution in [2.45, 2.75) is 13.3 Å². The lowest BCUT2D eigenvalue weighted by Crippen LogP contribution is -1.98. The van der Waals surface area contributed by atoms with Crippen LogP contribution in [0.1, 0.15) is 13.3 Å². The van der Waals surface area contributed by atoms with E-state index in [1.165, 1.54) is 0 Å². The first kappa shape index (κ1) is 11.4. The molecule has 0 aliphatic rings. The van der Waals surface area contributed by atoms with Gasteiger partial charge in [-0.3, -0.25) is 0 Å². The van der Waals surface area contributed by atoms with Gasteiger partial charge in [-0.15, -0.1) is 0 Å². The predicted molar refractivity (Wildman–Crippen MR) is 61.5 cm³/mol. The monoisotopic (exact) mass is 258 g/mol. The fourth-order valence-corrected chi connectivity index (χ4v) is 1.29. The molecule has 0 saturated heterocycles. The SMILES string of the molecule is CCOc1cccc(OCCCBr)c1. The summed E-state index contributed by atoms with van der Waals surface area (Å²) in [5.74, 6) is 1.74. The summed E-state index contributed by atoms with van der Waals surface area (Å²) in [6, 6.07) is 7.73. The van der Waals surface area contributed by atoms with Gasteiger partial charge in [-0.25, -0.2) is 0 Å². The van der Waals surface area contributed by atoms with Gasteiger partial charge in [0, 0.05) is 11.4 Å². The lowest BCUT2D eigenvalue weighted by Gasteiger charge is -2.07. The van der Waals surface area contributed by atoms with Crippen molar-refractivity contribution in [3.8, 4) is 11.5 Å². The molecule has 78 valence electrons. The maximum absolute atomic E-state index is 5.52. The van der Waals surface area contributed by atoms with Crippen LogP contribution in [-0.4, -0.2) is 18.5 Å². The largest absolute Gasteiger partial charge is 0.494 e. The quantitative estimate of drug-likeness (QED) is 0.576. The Hall–Kier alpha value is -0.700. The highest BCUT2D eigenvalue weighted by molar-refractivity contribution is 9.09. The van der Waals surface area contributed by atoms with Crippen molar-refractivity contribution < 1.29 is 9.47 Å². The fraction of sp³-hybridized carbons (Fsp3) is 0.455. The summed E-state index contributed by atoms with van der Waals surface area (Å²) >= 11 is 3.36. The molecule has 0 heterocycles. The van der Waals surface area contributed by atoms with Crippen LogP contribution in [0.3, 0.4) is 0 Å². The van der Waals surface area contributed by atoms with Crippen LogP contribution in [0.2, 0.25) is 0 Å². The number of benzene rings is 1. The first-order chi connectivity index (χ1) is 6.86. The minimum atomic E-state index is 0.685. The van der Waals surface area contributed by atoms with E-state index in [9.17, 15) is 0 Å². The van der Waals surface area contributed by atoms with E-state index in [4.69, 9.17) is 9.47 Å². The van der Waals surface area contributed by atoms with E-state index in [1.807, 2.05) is 31.2 Å². The van der Waals surface area contributed by atoms with Gasteiger partial charge in [0.1, 0.15) is 11.5 Å². The van der Waals surface area contributed by atoms with E-state index in [-0.39, 0.29) is 0 Å². The van der Waals surface area contributed by atoms with Gasteiger partial charge in [-0.2, -0.15) is 0 Å². The molecule has 0 saturated carbocycles. The van der Waals surface area contributed by atoms with Crippen LogP contribution in [0.15, 0.2) is 24.3 Å². The summed E-state index contributed by atoms with van der Waals surface area (Å²) in [6.07, 6.45) is 1.01. The third-order valence-corrected chi connectivity index (χ3v) is 2.22. The fourth-order valence-electron chi connectivity index (χ4n) is 1.07. The van der Waals surface area contributed by atoms with E-state index in [1.54, 1.807) is 0 Å². The predicted octanol–water partition coefficient (Wildman–Crippen LogP) is 3.25. The molecular formula is C11H15BrO2. The van der Waals surface area contributed by atoms with Crippen molar-refractivity contribution >= 4 is 15.9 Å². The maximum atomic E-state index is 5.52. The van der Waals surface area contributed by atoms with Crippen molar-refractivity contribution in [3.05, 3.63) is 24.3 Å². The van der Waals surface area contributed by atoms with Crippen LogP contribution in [-0.2, 0) is 0 Å². The Bertz CT molecular complexity index is 263. The van der Waals surface area contributed by atoms with Crippen LogP contribution >= 0.6 is 15.9 Å². The minimum absolute atomic E-state index is 0.685. The number of halogens is 1. The van der Waals surface area contributed by atoms with Crippen LogP contribution in [0, 0.1) is 0 Å². The lowest BCUT2D eigenvalue weighted by atomic mass is 10.3. The molecule has 0 radical (unpaired) electrons. The van der Waals surface area contributed by atoms with Crippen LogP contribution in [0.5, 0.6) is 11.5 Å². The van der Waals surface area contributed by atoms with Crippen molar-refractivity contribution in [1.29, 1.82) is 0 Å².